The summed E-state index contributed by atoms with van der Waals surface area (Å²) >= 11 is 0. The molecular formula is C9H17O3P. The Hall–Kier alpha value is -0.430. The molecule has 0 heterocycles. The van der Waals surface area contributed by atoms with E-state index in [0.29, 0.717) is 19.4 Å². The van der Waals surface area contributed by atoms with Crippen LogP contribution in [0.2, 0.25) is 0 Å². The molecule has 3 nitrogen and oxygen atoms in total. The van der Waals surface area contributed by atoms with Crippen LogP contribution in [0, 0.1) is 0 Å². The molecule has 0 aromatic heterocycles. The second kappa shape index (κ2) is 6.09. The van der Waals surface area contributed by atoms with E-state index in [-0.39, 0.29) is 14.4 Å². The van der Waals surface area contributed by atoms with Crippen molar-refractivity contribution in [1.29, 1.82) is 0 Å². The maximum Gasteiger partial charge on any atom is 0.323 e. The molecule has 0 fully saturated rings. The molecule has 0 aromatic rings. The Kier molecular flexibility index (Phi) is 5.89. The number of hydrogen-bond donors (Lipinski definition) is 0. The molecule has 0 N–H and O–H groups in total. The van der Waals surface area contributed by atoms with Gasteiger partial charge in [0.15, 0.2) is 8.46 Å². The normalized spacial score (nSPS) is 11.6. The molecule has 76 valence electrons. The molecule has 0 spiro atoms. The van der Waals surface area contributed by atoms with Crippen molar-refractivity contribution in [2.24, 2.45) is 0 Å². The third kappa shape index (κ3) is 3.07. The van der Waals surface area contributed by atoms with Gasteiger partial charge in [0.2, 0.25) is 0 Å². The van der Waals surface area contributed by atoms with Crippen LogP contribution in [0.1, 0.15) is 40.0 Å². The highest BCUT2D eigenvalue weighted by molar-refractivity contribution is 7.27. The molecule has 0 aliphatic heterocycles. The van der Waals surface area contributed by atoms with Crippen LogP contribution >= 0.6 is 8.46 Å². The van der Waals surface area contributed by atoms with E-state index in [1.165, 1.54) is 0 Å². The van der Waals surface area contributed by atoms with Gasteiger partial charge in [0.1, 0.15) is 5.16 Å². The Balaban J connectivity index is 4.35. The summed E-state index contributed by atoms with van der Waals surface area (Å²) in [5.74, 6) is -0.337. The zero-order valence-corrected chi connectivity index (χ0v) is 9.39. The van der Waals surface area contributed by atoms with Gasteiger partial charge in [-0.2, -0.15) is 0 Å². The molecule has 0 bridgehead atoms. The third-order valence-corrected chi connectivity index (χ3v) is 3.33. The lowest BCUT2D eigenvalue weighted by Crippen LogP contribution is -2.33. The van der Waals surface area contributed by atoms with Crippen molar-refractivity contribution >= 4 is 14.4 Å². The van der Waals surface area contributed by atoms with Crippen molar-refractivity contribution in [3.05, 3.63) is 0 Å². The summed E-state index contributed by atoms with van der Waals surface area (Å²) in [6.07, 6.45) is 1.90. The number of ether oxygens (including phenoxy) is 1. The SMILES string of the molecule is CCCOC(=O)C(CC)(CC)P=O. The van der Waals surface area contributed by atoms with Gasteiger partial charge < -0.3 is 4.74 Å². The average molecular weight is 204 g/mol. The van der Waals surface area contributed by atoms with Crippen LogP contribution < -0.4 is 0 Å². The Morgan fingerprint density at radius 2 is 1.85 bits per heavy atom. The average Bonchev–Trinajstić information content (AvgIpc) is 2.18. The first-order valence-corrected chi connectivity index (χ1v) is 5.49. The van der Waals surface area contributed by atoms with E-state index in [4.69, 9.17) is 4.74 Å². The van der Waals surface area contributed by atoms with Crippen LogP contribution in [0.15, 0.2) is 0 Å². The van der Waals surface area contributed by atoms with E-state index < -0.39 is 5.16 Å². The molecule has 0 aromatic carbocycles. The van der Waals surface area contributed by atoms with Crippen LogP contribution in [0.5, 0.6) is 0 Å². The van der Waals surface area contributed by atoms with Crippen molar-refractivity contribution in [3.63, 3.8) is 0 Å². The molecule has 4 heteroatoms. The molecule has 0 atom stereocenters. The third-order valence-electron chi connectivity index (χ3n) is 2.16. The minimum Gasteiger partial charge on any atom is -0.465 e. The highest BCUT2D eigenvalue weighted by atomic mass is 31.1. The van der Waals surface area contributed by atoms with Crippen molar-refractivity contribution < 1.29 is 14.1 Å². The van der Waals surface area contributed by atoms with Gasteiger partial charge in [0.05, 0.1) is 6.61 Å². The summed E-state index contributed by atoms with van der Waals surface area (Å²) in [5, 5.41) is -0.810. The minimum atomic E-state index is -0.810. The highest BCUT2D eigenvalue weighted by Gasteiger charge is 2.37. The van der Waals surface area contributed by atoms with E-state index in [1.54, 1.807) is 0 Å². The van der Waals surface area contributed by atoms with Crippen molar-refractivity contribution in [3.8, 4) is 0 Å². The smallest absolute Gasteiger partial charge is 0.323 e. The van der Waals surface area contributed by atoms with E-state index in [9.17, 15) is 9.36 Å². The largest absolute Gasteiger partial charge is 0.465 e. The first-order chi connectivity index (χ1) is 6.16. The molecule has 0 saturated carbocycles. The molecule has 0 amide bonds. The standard InChI is InChI=1S/C9H17O3P/c1-4-7-12-8(10)9(5-2,6-3)13-11/h4-7H2,1-3H3. The predicted octanol–water partition coefficient (Wildman–Crippen LogP) is 2.79. The fraction of sp³-hybridized carbons (Fsp3) is 0.889. The van der Waals surface area contributed by atoms with E-state index >= 15 is 0 Å². The lowest BCUT2D eigenvalue weighted by atomic mass is 10.0. The van der Waals surface area contributed by atoms with Gasteiger partial charge in [-0.15, -0.1) is 0 Å². The van der Waals surface area contributed by atoms with Gasteiger partial charge >= 0.3 is 5.97 Å². The van der Waals surface area contributed by atoms with Crippen LogP contribution in [-0.4, -0.2) is 17.7 Å². The van der Waals surface area contributed by atoms with Crippen molar-refractivity contribution in [1.82, 2.24) is 0 Å². The molecule has 0 aliphatic carbocycles. The zero-order valence-electron chi connectivity index (χ0n) is 8.50. The topological polar surface area (TPSA) is 43.4 Å². The van der Waals surface area contributed by atoms with Gasteiger partial charge in [-0.25, -0.2) is 0 Å². The summed E-state index contributed by atoms with van der Waals surface area (Å²) in [4.78, 5) is 11.5. The van der Waals surface area contributed by atoms with Crippen LogP contribution in [0.4, 0.5) is 0 Å². The molecule has 0 saturated heterocycles. The number of rotatable bonds is 6. The minimum absolute atomic E-state index is 0.131. The van der Waals surface area contributed by atoms with Crippen LogP contribution in [-0.2, 0) is 14.1 Å². The maximum atomic E-state index is 11.5. The predicted molar refractivity (Wildman–Crippen MR) is 52.2 cm³/mol. The van der Waals surface area contributed by atoms with E-state index in [0.717, 1.165) is 6.42 Å². The summed E-state index contributed by atoms with van der Waals surface area (Å²) in [6.45, 7) is 6.04. The zero-order chi connectivity index (χ0) is 10.3. The van der Waals surface area contributed by atoms with Gasteiger partial charge in [-0.1, -0.05) is 20.8 Å². The lowest BCUT2D eigenvalue weighted by Gasteiger charge is -2.20. The summed E-state index contributed by atoms with van der Waals surface area (Å²) < 4.78 is 15.9. The summed E-state index contributed by atoms with van der Waals surface area (Å²) in [7, 11) is -0.131. The molecule has 0 unspecified atom stereocenters. The van der Waals surface area contributed by atoms with Crippen LogP contribution in [0.3, 0.4) is 0 Å². The molecule has 0 aliphatic rings. The number of hydrogen-bond acceptors (Lipinski definition) is 3. The highest BCUT2D eigenvalue weighted by Crippen LogP contribution is 2.32. The van der Waals surface area contributed by atoms with Crippen molar-refractivity contribution in [2.75, 3.05) is 6.61 Å². The van der Waals surface area contributed by atoms with Gasteiger partial charge in [-0.05, 0) is 19.3 Å². The summed E-state index contributed by atoms with van der Waals surface area (Å²) in [6, 6.07) is 0. The van der Waals surface area contributed by atoms with E-state index in [1.807, 2.05) is 20.8 Å². The first-order valence-electron chi connectivity index (χ1n) is 4.68. The fourth-order valence-electron chi connectivity index (χ4n) is 1.03. The lowest BCUT2D eigenvalue weighted by molar-refractivity contribution is -0.147. The Morgan fingerprint density at radius 1 is 1.31 bits per heavy atom. The number of carbonyl (C=O) groups is 1. The number of esters is 1. The van der Waals surface area contributed by atoms with E-state index in [2.05, 4.69) is 0 Å². The Morgan fingerprint density at radius 3 is 2.15 bits per heavy atom. The molecular weight excluding hydrogens is 187 g/mol. The maximum absolute atomic E-state index is 11.5. The van der Waals surface area contributed by atoms with Crippen molar-refractivity contribution in [2.45, 2.75) is 45.2 Å². The second-order valence-corrected chi connectivity index (χ2v) is 4.00. The monoisotopic (exact) mass is 204 g/mol. The molecule has 0 radical (unpaired) electrons. The second-order valence-electron chi connectivity index (χ2n) is 2.97. The Bertz CT molecular complexity index is 176. The van der Waals surface area contributed by atoms with Gasteiger partial charge in [0.25, 0.3) is 0 Å². The number of carbonyl (C=O) groups excluding carboxylic acids is 1. The van der Waals surface area contributed by atoms with Crippen LogP contribution in [0.25, 0.3) is 0 Å². The first kappa shape index (κ1) is 12.6. The fourth-order valence-corrected chi connectivity index (χ4v) is 1.43. The quantitative estimate of drug-likeness (QED) is 0.493. The molecule has 0 rings (SSSR count). The summed E-state index contributed by atoms with van der Waals surface area (Å²) in [5.41, 5.74) is 0. The Labute approximate surface area is 81.1 Å². The molecule has 13 heavy (non-hydrogen) atoms. The van der Waals surface area contributed by atoms with Gasteiger partial charge in [-0.3, -0.25) is 9.36 Å². The van der Waals surface area contributed by atoms with Gasteiger partial charge in [0, 0.05) is 0 Å².